The van der Waals surface area contributed by atoms with Gasteiger partial charge in [-0.25, -0.2) is 15.8 Å². The van der Waals surface area contributed by atoms with Gasteiger partial charge in [-0.1, -0.05) is 12.1 Å². The lowest BCUT2D eigenvalue weighted by Crippen LogP contribution is -2.13. The van der Waals surface area contributed by atoms with Crippen molar-refractivity contribution in [2.45, 2.75) is 32.6 Å². The van der Waals surface area contributed by atoms with Gasteiger partial charge in [-0.05, 0) is 44.4 Å². The van der Waals surface area contributed by atoms with E-state index in [9.17, 15) is 0 Å². The highest BCUT2D eigenvalue weighted by Gasteiger charge is 2.28. The van der Waals surface area contributed by atoms with Crippen molar-refractivity contribution in [1.82, 2.24) is 9.97 Å². The zero-order chi connectivity index (χ0) is 14.1. The average Bonchev–Trinajstić information content (AvgIpc) is 3.25. The topological polar surface area (TPSA) is 75.9 Å². The molecule has 5 heteroatoms. The molecular formula is C15H19N5. The van der Waals surface area contributed by atoms with Crippen LogP contribution in [0.5, 0.6) is 0 Å². The number of nitrogens with two attached hydrogens (primary N) is 1. The second-order valence-electron chi connectivity index (χ2n) is 5.32. The van der Waals surface area contributed by atoms with Crippen molar-refractivity contribution in [1.29, 1.82) is 0 Å². The smallest absolute Gasteiger partial charge is 0.148 e. The van der Waals surface area contributed by atoms with E-state index in [1.54, 1.807) is 0 Å². The van der Waals surface area contributed by atoms with Crippen LogP contribution in [0.15, 0.2) is 24.3 Å². The van der Waals surface area contributed by atoms with Crippen molar-refractivity contribution in [2.24, 2.45) is 5.84 Å². The summed E-state index contributed by atoms with van der Waals surface area (Å²) in [6, 6.07) is 8.22. The molecule has 0 bridgehead atoms. The summed E-state index contributed by atoms with van der Waals surface area (Å²) in [7, 11) is 0. The van der Waals surface area contributed by atoms with Crippen LogP contribution in [0.4, 0.5) is 17.3 Å². The van der Waals surface area contributed by atoms with Crippen molar-refractivity contribution >= 4 is 17.3 Å². The molecule has 0 amide bonds. The molecular weight excluding hydrogens is 250 g/mol. The van der Waals surface area contributed by atoms with E-state index in [-0.39, 0.29) is 0 Å². The molecule has 5 nitrogen and oxygen atoms in total. The summed E-state index contributed by atoms with van der Waals surface area (Å²) in [6.45, 7) is 4.03. The van der Waals surface area contributed by atoms with E-state index < -0.39 is 0 Å². The Balaban J connectivity index is 1.97. The molecule has 4 N–H and O–H groups in total. The Morgan fingerprint density at radius 1 is 1.15 bits per heavy atom. The van der Waals surface area contributed by atoms with E-state index >= 15 is 0 Å². The van der Waals surface area contributed by atoms with E-state index in [0.717, 1.165) is 35.7 Å². The van der Waals surface area contributed by atoms with Gasteiger partial charge in [-0.3, -0.25) is 0 Å². The molecule has 1 aromatic carbocycles. The molecule has 0 atom stereocenters. The Morgan fingerprint density at radius 3 is 2.55 bits per heavy atom. The van der Waals surface area contributed by atoms with Crippen LogP contribution < -0.4 is 16.6 Å². The first-order valence-corrected chi connectivity index (χ1v) is 6.86. The number of benzene rings is 1. The summed E-state index contributed by atoms with van der Waals surface area (Å²) >= 11 is 0. The fraction of sp³-hybridized carbons (Fsp3) is 0.333. The molecule has 1 aromatic heterocycles. The molecule has 0 aliphatic heterocycles. The molecule has 2 aromatic rings. The molecule has 1 fully saturated rings. The van der Waals surface area contributed by atoms with E-state index in [2.05, 4.69) is 39.8 Å². The average molecular weight is 269 g/mol. The summed E-state index contributed by atoms with van der Waals surface area (Å²) in [4.78, 5) is 9.14. The Bertz CT molecular complexity index is 634. The van der Waals surface area contributed by atoms with Gasteiger partial charge in [-0.15, -0.1) is 0 Å². The summed E-state index contributed by atoms with van der Waals surface area (Å²) < 4.78 is 0. The molecule has 104 valence electrons. The van der Waals surface area contributed by atoms with E-state index in [4.69, 9.17) is 5.84 Å². The number of aromatic nitrogens is 2. The molecule has 1 aliphatic carbocycles. The van der Waals surface area contributed by atoms with Crippen molar-refractivity contribution in [3.8, 4) is 0 Å². The minimum absolute atomic E-state index is 0.487. The molecule has 1 saturated carbocycles. The molecule has 20 heavy (non-hydrogen) atoms. The largest absolute Gasteiger partial charge is 0.340 e. The van der Waals surface area contributed by atoms with Gasteiger partial charge in [0.15, 0.2) is 0 Å². The van der Waals surface area contributed by atoms with Crippen LogP contribution >= 0.6 is 0 Å². The molecule has 0 unspecified atom stereocenters. The first-order valence-electron chi connectivity index (χ1n) is 6.86. The number of aryl methyl sites for hydroxylation is 1. The van der Waals surface area contributed by atoms with Crippen LogP contribution in [0.25, 0.3) is 0 Å². The number of rotatable bonds is 4. The molecule has 3 rings (SSSR count). The van der Waals surface area contributed by atoms with E-state index in [0.29, 0.717) is 11.7 Å². The monoisotopic (exact) mass is 269 g/mol. The summed E-state index contributed by atoms with van der Waals surface area (Å²) in [6.07, 6.45) is 2.33. The quantitative estimate of drug-likeness (QED) is 0.587. The number of hydrazine groups is 1. The summed E-state index contributed by atoms with van der Waals surface area (Å²) in [5, 5.41) is 3.36. The minimum Gasteiger partial charge on any atom is -0.340 e. The number of hydrogen-bond acceptors (Lipinski definition) is 5. The Hall–Kier alpha value is -2.14. The van der Waals surface area contributed by atoms with Crippen LogP contribution in [0.1, 0.15) is 35.7 Å². The van der Waals surface area contributed by atoms with Crippen molar-refractivity contribution in [2.75, 3.05) is 10.7 Å². The highest BCUT2D eigenvalue weighted by Crippen LogP contribution is 2.39. The van der Waals surface area contributed by atoms with Gasteiger partial charge in [0, 0.05) is 17.2 Å². The van der Waals surface area contributed by atoms with Crippen LogP contribution in [-0.2, 0) is 0 Å². The third-order valence-electron chi connectivity index (χ3n) is 3.52. The van der Waals surface area contributed by atoms with Gasteiger partial charge >= 0.3 is 0 Å². The Kier molecular flexibility index (Phi) is 3.28. The Morgan fingerprint density at radius 2 is 1.90 bits per heavy atom. The first-order chi connectivity index (χ1) is 9.67. The predicted molar refractivity (Wildman–Crippen MR) is 81.0 cm³/mol. The highest BCUT2D eigenvalue weighted by atomic mass is 15.3. The standard InChI is InChI=1S/C15H19N5/c1-9-4-3-5-12(8-9)17-13-10(2)14(20-16)19-15(18-13)11-6-7-11/h3-5,8,11H,6-7,16H2,1-2H3,(H2,17,18,19,20). The zero-order valence-corrected chi connectivity index (χ0v) is 11.8. The predicted octanol–water partition coefficient (Wildman–Crippen LogP) is 3.00. The van der Waals surface area contributed by atoms with Crippen LogP contribution in [0.3, 0.4) is 0 Å². The number of nitrogens with zero attached hydrogens (tertiary/aromatic N) is 2. The second kappa shape index (κ2) is 5.09. The molecule has 1 aliphatic rings. The van der Waals surface area contributed by atoms with E-state index in [1.807, 2.05) is 19.1 Å². The first kappa shape index (κ1) is 12.9. The molecule has 0 radical (unpaired) electrons. The maximum absolute atomic E-state index is 5.56. The fourth-order valence-corrected chi connectivity index (χ4v) is 2.18. The zero-order valence-electron chi connectivity index (χ0n) is 11.8. The van der Waals surface area contributed by atoms with Gasteiger partial charge in [0.1, 0.15) is 17.5 Å². The third-order valence-corrected chi connectivity index (χ3v) is 3.52. The van der Waals surface area contributed by atoms with Gasteiger partial charge in [-0.2, -0.15) is 0 Å². The number of anilines is 3. The SMILES string of the molecule is Cc1cccc(Nc2nc(C3CC3)nc(NN)c2C)c1. The number of nitrogen functional groups attached to an aromatic ring is 1. The van der Waals surface area contributed by atoms with Crippen molar-refractivity contribution in [3.05, 3.63) is 41.2 Å². The van der Waals surface area contributed by atoms with Crippen molar-refractivity contribution < 1.29 is 0 Å². The second-order valence-corrected chi connectivity index (χ2v) is 5.32. The fourth-order valence-electron chi connectivity index (χ4n) is 2.18. The van der Waals surface area contributed by atoms with Gasteiger partial charge < -0.3 is 10.7 Å². The molecule has 1 heterocycles. The van der Waals surface area contributed by atoms with Crippen LogP contribution in [0, 0.1) is 13.8 Å². The van der Waals surface area contributed by atoms with Crippen LogP contribution in [-0.4, -0.2) is 9.97 Å². The van der Waals surface area contributed by atoms with Gasteiger partial charge in [0.2, 0.25) is 0 Å². The highest BCUT2D eigenvalue weighted by molar-refractivity contribution is 5.65. The Labute approximate surface area is 118 Å². The van der Waals surface area contributed by atoms with Crippen LogP contribution in [0.2, 0.25) is 0 Å². The van der Waals surface area contributed by atoms with Gasteiger partial charge in [0.25, 0.3) is 0 Å². The lowest BCUT2D eigenvalue weighted by Gasteiger charge is -2.13. The maximum Gasteiger partial charge on any atom is 0.148 e. The lowest BCUT2D eigenvalue weighted by molar-refractivity contribution is 0.920. The summed E-state index contributed by atoms with van der Waals surface area (Å²) in [5.41, 5.74) is 5.83. The molecule has 0 saturated heterocycles. The maximum atomic E-state index is 5.56. The third kappa shape index (κ3) is 2.58. The van der Waals surface area contributed by atoms with Crippen molar-refractivity contribution in [3.63, 3.8) is 0 Å². The minimum atomic E-state index is 0.487. The number of nitrogens with one attached hydrogen (secondary N) is 2. The summed E-state index contributed by atoms with van der Waals surface area (Å²) in [5.74, 6) is 8.43. The normalized spacial score (nSPS) is 14.2. The van der Waals surface area contributed by atoms with Gasteiger partial charge in [0.05, 0.1) is 0 Å². The van der Waals surface area contributed by atoms with E-state index in [1.165, 1.54) is 5.56 Å². The number of hydrogen-bond donors (Lipinski definition) is 3. The lowest BCUT2D eigenvalue weighted by atomic mass is 10.2. The molecule has 0 spiro atoms.